The molecule has 10 heteroatoms. The predicted octanol–water partition coefficient (Wildman–Crippen LogP) is 0.610. The number of carbonyl (C=O) groups is 2. The molecule has 122 valence electrons. The van der Waals surface area contributed by atoms with Gasteiger partial charge in [-0.2, -0.15) is 0 Å². The number of carbonyl (C=O) groups excluding carboxylic acids is 1. The minimum Gasteiger partial charge on any atom is -0.495 e. The van der Waals surface area contributed by atoms with Crippen LogP contribution in [0.3, 0.4) is 0 Å². The molecule has 0 fully saturated rings. The van der Waals surface area contributed by atoms with E-state index < -0.39 is 26.8 Å². The Bertz CT molecular complexity index is 828. The molecule has 1 amide bonds. The number of methoxy groups -OCH3 is 1. The van der Waals surface area contributed by atoms with Gasteiger partial charge >= 0.3 is 11.9 Å². The molecule has 0 aliphatic heterocycles. The minimum atomic E-state index is -4.26. The third-order valence-corrected chi connectivity index (χ3v) is 4.01. The number of hydrazine groups is 1. The summed E-state index contributed by atoms with van der Waals surface area (Å²) in [4.78, 5) is 24.0. The maximum absolute atomic E-state index is 12.2. The van der Waals surface area contributed by atoms with Crippen LogP contribution in [0.1, 0.15) is 20.9 Å². The van der Waals surface area contributed by atoms with E-state index in [-0.39, 0.29) is 17.1 Å². The summed E-state index contributed by atoms with van der Waals surface area (Å²) in [6.45, 7) is 0. The Hall–Kier alpha value is -2.85. The number of sulfonamides is 1. The largest absolute Gasteiger partial charge is 0.495 e. The molecule has 0 unspecified atom stereocenters. The van der Waals surface area contributed by atoms with E-state index in [0.717, 1.165) is 6.07 Å². The van der Waals surface area contributed by atoms with Crippen LogP contribution in [0.15, 0.2) is 45.9 Å². The van der Waals surface area contributed by atoms with Crippen LogP contribution in [0.4, 0.5) is 0 Å². The van der Waals surface area contributed by atoms with E-state index in [4.69, 9.17) is 14.3 Å². The van der Waals surface area contributed by atoms with Crippen LogP contribution >= 0.6 is 0 Å². The fourth-order valence-corrected chi connectivity index (χ4v) is 2.69. The average Bonchev–Trinajstić information content (AvgIpc) is 3.06. The van der Waals surface area contributed by atoms with Gasteiger partial charge in [-0.15, -0.1) is 4.83 Å². The molecule has 2 rings (SSSR count). The first-order chi connectivity index (χ1) is 10.8. The Balaban J connectivity index is 2.26. The first kappa shape index (κ1) is 16.5. The molecule has 0 atom stereocenters. The first-order valence-electron chi connectivity index (χ1n) is 6.12. The lowest BCUT2D eigenvalue weighted by Crippen LogP contribution is -2.41. The lowest BCUT2D eigenvalue weighted by atomic mass is 10.2. The topological polar surface area (TPSA) is 135 Å². The van der Waals surface area contributed by atoms with Crippen molar-refractivity contribution in [2.45, 2.75) is 4.90 Å². The fourth-order valence-electron chi connectivity index (χ4n) is 1.66. The monoisotopic (exact) mass is 340 g/mol. The molecule has 0 saturated heterocycles. The van der Waals surface area contributed by atoms with E-state index >= 15 is 0 Å². The number of furan rings is 1. The number of carboxylic acids is 1. The Labute approximate surface area is 130 Å². The maximum atomic E-state index is 12.2. The summed E-state index contributed by atoms with van der Waals surface area (Å²) in [7, 11) is -3.02. The molecule has 1 aromatic carbocycles. The third-order valence-electron chi connectivity index (χ3n) is 2.74. The van der Waals surface area contributed by atoms with Gasteiger partial charge in [0.15, 0.2) is 5.76 Å². The number of carboxylic acid groups (broad SMARTS) is 1. The van der Waals surface area contributed by atoms with Gasteiger partial charge in [0.25, 0.3) is 10.0 Å². The van der Waals surface area contributed by atoms with E-state index in [1.54, 1.807) is 0 Å². The maximum Gasteiger partial charge on any atom is 0.335 e. The van der Waals surface area contributed by atoms with Gasteiger partial charge in [-0.3, -0.25) is 10.2 Å². The Morgan fingerprint density at radius 2 is 2.00 bits per heavy atom. The second-order valence-electron chi connectivity index (χ2n) is 4.21. The Morgan fingerprint density at radius 1 is 1.26 bits per heavy atom. The minimum absolute atomic E-state index is 0.0743. The van der Waals surface area contributed by atoms with E-state index in [0.29, 0.717) is 0 Å². The van der Waals surface area contributed by atoms with Crippen molar-refractivity contribution in [3.05, 3.63) is 47.9 Å². The zero-order valence-corrected chi connectivity index (χ0v) is 12.6. The molecule has 0 bridgehead atoms. The second kappa shape index (κ2) is 6.50. The molecule has 0 aliphatic carbocycles. The van der Waals surface area contributed by atoms with Crippen molar-refractivity contribution in [2.75, 3.05) is 7.11 Å². The summed E-state index contributed by atoms with van der Waals surface area (Å²) >= 11 is 0. The van der Waals surface area contributed by atoms with Crippen molar-refractivity contribution in [2.24, 2.45) is 0 Å². The summed E-state index contributed by atoms with van der Waals surface area (Å²) in [6, 6.07) is 6.12. The standard InChI is InChI=1S/C13H12N2O7S/c1-21-9-5-4-8(13(17)18)7-11(9)23(19,20)15-14-12(16)10-3-2-6-22-10/h2-7,15H,1H3,(H,14,16)(H,17,18). The van der Waals surface area contributed by atoms with Crippen LogP contribution in [0.2, 0.25) is 0 Å². The van der Waals surface area contributed by atoms with E-state index in [1.165, 1.54) is 37.6 Å². The molecular formula is C13H12N2O7S. The quantitative estimate of drug-likeness (QED) is 0.656. The van der Waals surface area contributed by atoms with Crippen molar-refractivity contribution in [1.29, 1.82) is 0 Å². The molecular weight excluding hydrogens is 328 g/mol. The predicted molar refractivity (Wildman–Crippen MR) is 76.4 cm³/mol. The number of rotatable bonds is 6. The average molecular weight is 340 g/mol. The summed E-state index contributed by atoms with van der Waals surface area (Å²) in [5, 5.41) is 8.94. The van der Waals surface area contributed by atoms with E-state index in [1.807, 2.05) is 10.3 Å². The smallest absolute Gasteiger partial charge is 0.335 e. The van der Waals surface area contributed by atoms with Crippen molar-refractivity contribution in [3.63, 3.8) is 0 Å². The first-order valence-corrected chi connectivity index (χ1v) is 7.60. The van der Waals surface area contributed by atoms with Crippen LogP contribution in [0.5, 0.6) is 5.75 Å². The van der Waals surface area contributed by atoms with Crippen LogP contribution in [-0.4, -0.2) is 32.5 Å². The van der Waals surface area contributed by atoms with Gasteiger partial charge in [-0.05, 0) is 30.3 Å². The summed E-state index contributed by atoms with van der Waals surface area (Å²) < 4.78 is 34.2. The van der Waals surface area contributed by atoms with Crippen molar-refractivity contribution in [1.82, 2.24) is 10.3 Å². The van der Waals surface area contributed by atoms with Gasteiger partial charge in [-0.1, -0.05) is 0 Å². The van der Waals surface area contributed by atoms with Gasteiger partial charge in [-0.25, -0.2) is 13.2 Å². The van der Waals surface area contributed by atoms with Gasteiger partial charge in [0.05, 0.1) is 18.9 Å². The summed E-state index contributed by atoms with van der Waals surface area (Å²) in [6.07, 6.45) is 1.25. The number of ether oxygens (including phenoxy) is 1. The SMILES string of the molecule is COc1ccc(C(=O)O)cc1S(=O)(=O)NNC(=O)c1ccco1. The van der Waals surface area contributed by atoms with Crippen molar-refractivity contribution in [3.8, 4) is 5.75 Å². The zero-order valence-electron chi connectivity index (χ0n) is 11.8. The molecule has 1 heterocycles. The Kier molecular flexibility index (Phi) is 4.67. The molecule has 9 nitrogen and oxygen atoms in total. The lowest BCUT2D eigenvalue weighted by Gasteiger charge is -2.11. The highest BCUT2D eigenvalue weighted by atomic mass is 32.2. The normalized spacial score (nSPS) is 11.0. The lowest BCUT2D eigenvalue weighted by molar-refractivity contribution is 0.0696. The molecule has 0 radical (unpaired) electrons. The number of benzene rings is 1. The van der Waals surface area contributed by atoms with E-state index in [9.17, 15) is 18.0 Å². The van der Waals surface area contributed by atoms with Crippen molar-refractivity contribution >= 4 is 21.9 Å². The highest BCUT2D eigenvalue weighted by Gasteiger charge is 2.23. The zero-order chi connectivity index (χ0) is 17.0. The van der Waals surface area contributed by atoms with Crippen molar-refractivity contribution < 1.29 is 32.3 Å². The molecule has 0 saturated carbocycles. The molecule has 2 aromatic rings. The van der Waals surface area contributed by atoms with Crippen LogP contribution in [-0.2, 0) is 10.0 Å². The number of amides is 1. The highest BCUT2D eigenvalue weighted by molar-refractivity contribution is 7.89. The second-order valence-corrected chi connectivity index (χ2v) is 5.86. The molecule has 0 spiro atoms. The van der Waals surface area contributed by atoms with Crippen LogP contribution in [0, 0.1) is 0 Å². The fraction of sp³-hybridized carbons (Fsp3) is 0.0769. The van der Waals surface area contributed by atoms with Crippen LogP contribution in [0.25, 0.3) is 0 Å². The van der Waals surface area contributed by atoms with Gasteiger partial charge in [0.2, 0.25) is 0 Å². The third kappa shape index (κ3) is 3.67. The van der Waals surface area contributed by atoms with Gasteiger partial charge < -0.3 is 14.3 Å². The molecule has 3 N–H and O–H groups in total. The summed E-state index contributed by atoms with van der Waals surface area (Å²) in [5.74, 6) is -2.29. The van der Waals surface area contributed by atoms with Gasteiger partial charge in [0.1, 0.15) is 10.6 Å². The number of hydrogen-bond acceptors (Lipinski definition) is 6. The molecule has 23 heavy (non-hydrogen) atoms. The summed E-state index contributed by atoms with van der Waals surface area (Å²) in [5.41, 5.74) is 1.70. The van der Waals surface area contributed by atoms with E-state index in [2.05, 4.69) is 0 Å². The van der Waals surface area contributed by atoms with Gasteiger partial charge in [0, 0.05) is 0 Å². The Morgan fingerprint density at radius 3 is 2.57 bits per heavy atom. The number of hydrogen-bond donors (Lipinski definition) is 3. The highest BCUT2D eigenvalue weighted by Crippen LogP contribution is 2.24. The van der Waals surface area contributed by atoms with Crippen LogP contribution < -0.4 is 15.0 Å². The molecule has 0 aliphatic rings. The number of nitrogens with one attached hydrogen (secondary N) is 2. The number of aromatic carboxylic acids is 1. The molecule has 1 aromatic heterocycles.